The van der Waals surface area contributed by atoms with Gasteiger partial charge in [-0.1, -0.05) is 12.1 Å². The quantitative estimate of drug-likeness (QED) is 0.799. The van der Waals surface area contributed by atoms with Crippen molar-refractivity contribution in [1.82, 2.24) is 4.90 Å². The highest BCUT2D eigenvalue weighted by molar-refractivity contribution is 9.10. The molecule has 0 spiro atoms. The van der Waals surface area contributed by atoms with Crippen LogP contribution in [0.5, 0.6) is 5.75 Å². The van der Waals surface area contributed by atoms with Crippen LogP contribution in [-0.4, -0.2) is 43.6 Å². The van der Waals surface area contributed by atoms with Crippen LogP contribution in [0, 0.1) is 5.82 Å². The summed E-state index contributed by atoms with van der Waals surface area (Å²) in [5.41, 5.74) is 0.980. The van der Waals surface area contributed by atoms with Gasteiger partial charge in [-0.25, -0.2) is 4.39 Å². The van der Waals surface area contributed by atoms with Gasteiger partial charge in [-0.05, 0) is 52.3 Å². The second-order valence-corrected chi connectivity index (χ2v) is 6.42. The Morgan fingerprint density at radius 2 is 1.71 bits per heavy atom. The van der Waals surface area contributed by atoms with Crippen LogP contribution in [0.4, 0.5) is 10.1 Å². The Kier molecular flexibility index (Phi) is 5.35. The largest absolute Gasteiger partial charge is 0.483 e. The Hall–Kier alpha value is -2.08. The molecular weight excluding hydrogens is 375 g/mol. The lowest BCUT2D eigenvalue weighted by atomic mass is 10.2. The van der Waals surface area contributed by atoms with Gasteiger partial charge in [-0.3, -0.25) is 4.79 Å². The van der Waals surface area contributed by atoms with Gasteiger partial charge in [0.1, 0.15) is 11.6 Å². The Balaban J connectivity index is 1.50. The molecule has 1 heterocycles. The molecule has 0 atom stereocenters. The van der Waals surface area contributed by atoms with E-state index in [1.807, 2.05) is 24.3 Å². The fourth-order valence-corrected chi connectivity index (χ4v) is 3.06. The van der Waals surface area contributed by atoms with Crippen molar-refractivity contribution in [1.29, 1.82) is 0 Å². The third-order valence-electron chi connectivity index (χ3n) is 4.01. The fraction of sp³-hybridized carbons (Fsp3) is 0.278. The normalized spacial score (nSPS) is 14.6. The van der Waals surface area contributed by atoms with Gasteiger partial charge >= 0.3 is 0 Å². The number of hydrogen-bond acceptors (Lipinski definition) is 3. The maximum Gasteiger partial charge on any atom is 0.260 e. The van der Waals surface area contributed by atoms with Crippen molar-refractivity contribution < 1.29 is 13.9 Å². The number of halogens is 2. The molecule has 126 valence electrons. The lowest BCUT2D eigenvalue weighted by molar-refractivity contribution is -0.133. The number of carbonyl (C=O) groups excluding carboxylic acids is 1. The predicted octanol–water partition coefficient (Wildman–Crippen LogP) is 3.32. The molecule has 3 rings (SSSR count). The standard InChI is InChI=1S/C18H18BrFN2O2/c19-16-3-1-2-4-17(16)24-13-18(23)22-11-9-21(10-12-22)15-7-5-14(20)6-8-15/h1-8H,9-13H2. The molecule has 1 saturated heterocycles. The number of amides is 1. The summed E-state index contributed by atoms with van der Waals surface area (Å²) < 4.78 is 19.4. The van der Waals surface area contributed by atoms with Crippen LogP contribution in [0.15, 0.2) is 53.0 Å². The number of anilines is 1. The van der Waals surface area contributed by atoms with Crippen LogP contribution < -0.4 is 9.64 Å². The van der Waals surface area contributed by atoms with E-state index >= 15 is 0 Å². The highest BCUT2D eigenvalue weighted by Crippen LogP contribution is 2.24. The molecule has 6 heteroatoms. The number of hydrogen-bond donors (Lipinski definition) is 0. The molecule has 0 bridgehead atoms. The summed E-state index contributed by atoms with van der Waals surface area (Å²) in [4.78, 5) is 16.2. The molecule has 0 aromatic heterocycles. The van der Waals surface area contributed by atoms with Gasteiger partial charge in [0.05, 0.1) is 4.47 Å². The van der Waals surface area contributed by atoms with Gasteiger partial charge in [0.15, 0.2) is 6.61 Å². The zero-order valence-electron chi connectivity index (χ0n) is 13.1. The summed E-state index contributed by atoms with van der Waals surface area (Å²) in [6.07, 6.45) is 0. The van der Waals surface area contributed by atoms with Crippen molar-refractivity contribution in [3.05, 3.63) is 58.8 Å². The van der Waals surface area contributed by atoms with Crippen LogP contribution in [0.1, 0.15) is 0 Å². The second-order valence-electron chi connectivity index (χ2n) is 5.56. The number of para-hydroxylation sites is 1. The molecule has 1 aliphatic heterocycles. The summed E-state index contributed by atoms with van der Waals surface area (Å²) in [7, 11) is 0. The lowest BCUT2D eigenvalue weighted by Gasteiger charge is -2.36. The Morgan fingerprint density at radius 3 is 2.38 bits per heavy atom. The van der Waals surface area contributed by atoms with Gasteiger partial charge in [0, 0.05) is 31.9 Å². The minimum Gasteiger partial charge on any atom is -0.483 e. The van der Waals surface area contributed by atoms with Crippen molar-refractivity contribution in [3.63, 3.8) is 0 Å². The number of piperazine rings is 1. The van der Waals surface area contributed by atoms with E-state index in [0.29, 0.717) is 18.8 Å². The molecule has 2 aromatic carbocycles. The van der Waals surface area contributed by atoms with Crippen LogP contribution in [-0.2, 0) is 4.79 Å². The Labute approximate surface area is 149 Å². The molecule has 0 unspecified atom stereocenters. The lowest BCUT2D eigenvalue weighted by Crippen LogP contribution is -2.50. The summed E-state index contributed by atoms with van der Waals surface area (Å²) in [5, 5.41) is 0. The Morgan fingerprint density at radius 1 is 1.04 bits per heavy atom. The average molecular weight is 393 g/mol. The summed E-state index contributed by atoms with van der Waals surface area (Å²) in [5.74, 6) is 0.400. The third-order valence-corrected chi connectivity index (χ3v) is 4.67. The minimum absolute atomic E-state index is 0.0236. The van der Waals surface area contributed by atoms with E-state index in [9.17, 15) is 9.18 Å². The topological polar surface area (TPSA) is 32.8 Å². The molecule has 0 aliphatic carbocycles. The fourth-order valence-electron chi connectivity index (χ4n) is 2.66. The third kappa shape index (κ3) is 4.06. The molecule has 0 N–H and O–H groups in total. The maximum atomic E-state index is 13.0. The first kappa shape index (κ1) is 16.8. The van der Waals surface area contributed by atoms with Crippen LogP contribution in [0.25, 0.3) is 0 Å². The number of carbonyl (C=O) groups is 1. The van der Waals surface area contributed by atoms with Crippen molar-refractivity contribution in [2.24, 2.45) is 0 Å². The summed E-state index contributed by atoms with van der Waals surface area (Å²) >= 11 is 3.40. The van der Waals surface area contributed by atoms with E-state index in [-0.39, 0.29) is 18.3 Å². The first-order valence-corrected chi connectivity index (χ1v) is 8.58. The molecule has 0 radical (unpaired) electrons. The molecule has 1 fully saturated rings. The van der Waals surface area contributed by atoms with E-state index in [2.05, 4.69) is 20.8 Å². The molecule has 1 aliphatic rings. The SMILES string of the molecule is O=C(COc1ccccc1Br)N1CCN(c2ccc(F)cc2)CC1. The molecule has 24 heavy (non-hydrogen) atoms. The average Bonchev–Trinajstić information content (AvgIpc) is 2.62. The van der Waals surface area contributed by atoms with E-state index in [4.69, 9.17) is 4.74 Å². The van der Waals surface area contributed by atoms with Crippen LogP contribution in [0.3, 0.4) is 0 Å². The predicted molar refractivity (Wildman–Crippen MR) is 94.8 cm³/mol. The Bertz CT molecular complexity index is 700. The zero-order chi connectivity index (χ0) is 16.9. The number of ether oxygens (including phenoxy) is 1. The van der Waals surface area contributed by atoms with E-state index in [1.54, 1.807) is 17.0 Å². The van der Waals surface area contributed by atoms with E-state index in [0.717, 1.165) is 23.2 Å². The number of benzene rings is 2. The van der Waals surface area contributed by atoms with Gasteiger partial charge in [-0.15, -0.1) is 0 Å². The number of rotatable bonds is 4. The van der Waals surface area contributed by atoms with Gasteiger partial charge in [-0.2, -0.15) is 0 Å². The molecule has 2 aromatic rings. The van der Waals surface area contributed by atoms with Crippen molar-refractivity contribution in [3.8, 4) is 5.75 Å². The van der Waals surface area contributed by atoms with Gasteiger partial charge in [0.2, 0.25) is 0 Å². The molecular formula is C18H18BrFN2O2. The molecule has 1 amide bonds. The molecule has 4 nitrogen and oxygen atoms in total. The smallest absolute Gasteiger partial charge is 0.260 e. The monoisotopic (exact) mass is 392 g/mol. The minimum atomic E-state index is -0.239. The first-order valence-electron chi connectivity index (χ1n) is 7.79. The maximum absolute atomic E-state index is 13.0. The number of nitrogens with zero attached hydrogens (tertiary/aromatic N) is 2. The van der Waals surface area contributed by atoms with Crippen LogP contribution in [0.2, 0.25) is 0 Å². The summed E-state index contributed by atoms with van der Waals surface area (Å²) in [6.45, 7) is 2.75. The van der Waals surface area contributed by atoms with Gasteiger partial charge < -0.3 is 14.5 Å². The summed E-state index contributed by atoms with van der Waals surface area (Å²) in [6, 6.07) is 13.9. The highest BCUT2D eigenvalue weighted by atomic mass is 79.9. The first-order chi connectivity index (χ1) is 11.6. The highest BCUT2D eigenvalue weighted by Gasteiger charge is 2.21. The van der Waals surface area contributed by atoms with Gasteiger partial charge in [0.25, 0.3) is 5.91 Å². The van der Waals surface area contributed by atoms with E-state index < -0.39 is 0 Å². The zero-order valence-corrected chi connectivity index (χ0v) is 14.7. The van der Waals surface area contributed by atoms with Crippen molar-refractivity contribution >= 4 is 27.5 Å². The molecule has 0 saturated carbocycles. The van der Waals surface area contributed by atoms with Crippen molar-refractivity contribution in [2.45, 2.75) is 0 Å². The van der Waals surface area contributed by atoms with Crippen LogP contribution >= 0.6 is 15.9 Å². The van der Waals surface area contributed by atoms with E-state index in [1.165, 1.54) is 12.1 Å². The second kappa shape index (κ2) is 7.66. The van der Waals surface area contributed by atoms with Crippen molar-refractivity contribution in [2.75, 3.05) is 37.7 Å².